The van der Waals surface area contributed by atoms with Crippen LogP contribution in [-0.4, -0.2) is 31.6 Å². The molecule has 1 rings (SSSR count). The second kappa shape index (κ2) is 5.89. The number of nitrogens with zero attached hydrogens (tertiary/aromatic N) is 1. The lowest BCUT2D eigenvalue weighted by Crippen LogP contribution is -2.36. The molecule has 3 nitrogen and oxygen atoms in total. The molecule has 1 aromatic rings. The van der Waals surface area contributed by atoms with Gasteiger partial charge < -0.3 is 10.2 Å². The fraction of sp³-hybridized carbons (Fsp3) is 0.533. The van der Waals surface area contributed by atoms with Crippen LogP contribution in [0.1, 0.15) is 31.9 Å². The Bertz CT molecular complexity index is 390. The maximum atomic E-state index is 11.3. The highest BCUT2D eigenvalue weighted by atomic mass is 16.2. The standard InChI is InChI=1S/C15H24N2O/c1-15(2,3)13-8-6-12(7-9-13)10-11-17(5)14(18)16-4/h6-9H,10-11H2,1-5H3,(H,16,18). The molecule has 0 heterocycles. The second-order valence-corrected chi connectivity index (χ2v) is 5.67. The topological polar surface area (TPSA) is 32.3 Å². The summed E-state index contributed by atoms with van der Waals surface area (Å²) in [5, 5.41) is 2.62. The van der Waals surface area contributed by atoms with E-state index in [1.807, 2.05) is 7.05 Å². The number of carbonyl (C=O) groups excluding carboxylic acids is 1. The molecule has 0 spiro atoms. The molecule has 0 aliphatic rings. The number of amides is 2. The van der Waals surface area contributed by atoms with E-state index in [1.54, 1.807) is 11.9 Å². The SMILES string of the molecule is CNC(=O)N(C)CCc1ccc(C(C)(C)C)cc1. The average Bonchev–Trinajstić information content (AvgIpc) is 2.34. The van der Waals surface area contributed by atoms with Gasteiger partial charge in [0.05, 0.1) is 0 Å². The van der Waals surface area contributed by atoms with E-state index in [-0.39, 0.29) is 11.4 Å². The maximum Gasteiger partial charge on any atom is 0.316 e. The van der Waals surface area contributed by atoms with E-state index in [4.69, 9.17) is 0 Å². The fourth-order valence-corrected chi connectivity index (χ4v) is 1.76. The van der Waals surface area contributed by atoms with Crippen molar-refractivity contribution in [2.45, 2.75) is 32.6 Å². The Hall–Kier alpha value is -1.51. The third-order valence-electron chi connectivity index (χ3n) is 3.12. The van der Waals surface area contributed by atoms with E-state index in [0.29, 0.717) is 0 Å². The minimum Gasteiger partial charge on any atom is -0.341 e. The van der Waals surface area contributed by atoms with Gasteiger partial charge in [0.2, 0.25) is 0 Å². The number of hydrogen-bond donors (Lipinski definition) is 1. The van der Waals surface area contributed by atoms with Crippen molar-refractivity contribution >= 4 is 6.03 Å². The monoisotopic (exact) mass is 248 g/mol. The van der Waals surface area contributed by atoms with Crippen LogP contribution in [0.3, 0.4) is 0 Å². The van der Waals surface area contributed by atoms with Crippen LogP contribution in [0.4, 0.5) is 4.79 Å². The minimum atomic E-state index is -0.0405. The molecule has 1 N–H and O–H groups in total. The Kier molecular flexibility index (Phi) is 4.76. The summed E-state index contributed by atoms with van der Waals surface area (Å²) in [4.78, 5) is 13.0. The largest absolute Gasteiger partial charge is 0.341 e. The molecule has 0 aromatic heterocycles. The van der Waals surface area contributed by atoms with Crippen molar-refractivity contribution in [3.63, 3.8) is 0 Å². The highest BCUT2D eigenvalue weighted by Gasteiger charge is 2.13. The first-order chi connectivity index (χ1) is 8.34. The second-order valence-electron chi connectivity index (χ2n) is 5.67. The molecule has 0 aliphatic heterocycles. The fourth-order valence-electron chi connectivity index (χ4n) is 1.76. The van der Waals surface area contributed by atoms with Crippen molar-refractivity contribution in [3.8, 4) is 0 Å². The number of benzene rings is 1. The van der Waals surface area contributed by atoms with Gasteiger partial charge in [-0.1, -0.05) is 45.0 Å². The van der Waals surface area contributed by atoms with Crippen molar-refractivity contribution in [1.82, 2.24) is 10.2 Å². The molecule has 100 valence electrons. The molecule has 0 bridgehead atoms. The van der Waals surface area contributed by atoms with Crippen LogP contribution in [0, 0.1) is 0 Å². The first-order valence-corrected chi connectivity index (χ1v) is 6.37. The number of likely N-dealkylation sites (N-methyl/N-ethyl adjacent to an activating group) is 1. The van der Waals surface area contributed by atoms with Crippen LogP contribution < -0.4 is 5.32 Å². The van der Waals surface area contributed by atoms with E-state index in [1.165, 1.54) is 11.1 Å². The molecule has 18 heavy (non-hydrogen) atoms. The normalized spacial score (nSPS) is 11.2. The van der Waals surface area contributed by atoms with Gasteiger partial charge in [0.1, 0.15) is 0 Å². The summed E-state index contributed by atoms with van der Waals surface area (Å²) >= 11 is 0. The Morgan fingerprint density at radius 2 is 1.78 bits per heavy atom. The Labute approximate surface area is 110 Å². The third kappa shape index (κ3) is 4.06. The number of nitrogens with one attached hydrogen (secondary N) is 1. The van der Waals surface area contributed by atoms with E-state index in [0.717, 1.165) is 13.0 Å². The zero-order chi connectivity index (χ0) is 13.8. The maximum absolute atomic E-state index is 11.3. The Morgan fingerprint density at radius 3 is 2.22 bits per heavy atom. The zero-order valence-corrected chi connectivity index (χ0v) is 12.1. The van der Waals surface area contributed by atoms with Gasteiger partial charge in [-0.25, -0.2) is 4.79 Å². The van der Waals surface area contributed by atoms with E-state index >= 15 is 0 Å². The van der Waals surface area contributed by atoms with Gasteiger partial charge in [-0.2, -0.15) is 0 Å². The quantitative estimate of drug-likeness (QED) is 0.876. The van der Waals surface area contributed by atoms with Gasteiger partial charge in [-0.15, -0.1) is 0 Å². The van der Waals surface area contributed by atoms with E-state index in [2.05, 4.69) is 50.4 Å². The van der Waals surface area contributed by atoms with Crippen molar-refractivity contribution in [1.29, 1.82) is 0 Å². The summed E-state index contributed by atoms with van der Waals surface area (Å²) in [5.41, 5.74) is 2.79. The molecule has 0 atom stereocenters. The van der Waals surface area contributed by atoms with E-state index in [9.17, 15) is 4.79 Å². The summed E-state index contributed by atoms with van der Waals surface area (Å²) < 4.78 is 0. The molecule has 1 aromatic carbocycles. The van der Waals surface area contributed by atoms with Crippen LogP contribution in [-0.2, 0) is 11.8 Å². The lowest BCUT2D eigenvalue weighted by molar-refractivity contribution is 0.211. The van der Waals surface area contributed by atoms with Gasteiger partial charge in [-0.3, -0.25) is 0 Å². The van der Waals surface area contributed by atoms with Crippen LogP contribution in [0.5, 0.6) is 0 Å². The predicted octanol–water partition coefficient (Wildman–Crippen LogP) is 2.80. The van der Waals surface area contributed by atoms with E-state index < -0.39 is 0 Å². The molecular weight excluding hydrogens is 224 g/mol. The molecule has 0 saturated carbocycles. The highest BCUT2D eigenvalue weighted by Crippen LogP contribution is 2.22. The summed E-state index contributed by atoms with van der Waals surface area (Å²) in [6, 6.07) is 8.61. The first kappa shape index (κ1) is 14.6. The average molecular weight is 248 g/mol. The van der Waals surface area contributed by atoms with Crippen LogP contribution in [0.25, 0.3) is 0 Å². The van der Waals surface area contributed by atoms with Crippen molar-refractivity contribution in [3.05, 3.63) is 35.4 Å². The van der Waals surface area contributed by atoms with Crippen LogP contribution in [0.2, 0.25) is 0 Å². The van der Waals surface area contributed by atoms with Crippen molar-refractivity contribution < 1.29 is 4.79 Å². The van der Waals surface area contributed by atoms with Gasteiger partial charge in [-0.05, 0) is 23.0 Å². The predicted molar refractivity (Wildman–Crippen MR) is 75.9 cm³/mol. The molecule has 0 unspecified atom stereocenters. The number of rotatable bonds is 3. The summed E-state index contributed by atoms with van der Waals surface area (Å²) in [6.07, 6.45) is 0.883. The van der Waals surface area contributed by atoms with Gasteiger partial charge in [0.25, 0.3) is 0 Å². The molecule has 0 fully saturated rings. The van der Waals surface area contributed by atoms with Crippen molar-refractivity contribution in [2.24, 2.45) is 0 Å². The smallest absolute Gasteiger partial charge is 0.316 e. The molecule has 0 aliphatic carbocycles. The molecular formula is C15H24N2O. The highest BCUT2D eigenvalue weighted by molar-refractivity contribution is 5.73. The molecule has 0 saturated heterocycles. The summed E-state index contributed by atoms with van der Waals surface area (Å²) in [6.45, 7) is 7.36. The summed E-state index contributed by atoms with van der Waals surface area (Å²) in [7, 11) is 3.46. The van der Waals surface area contributed by atoms with Crippen LogP contribution in [0.15, 0.2) is 24.3 Å². The van der Waals surface area contributed by atoms with Gasteiger partial charge in [0.15, 0.2) is 0 Å². The third-order valence-corrected chi connectivity index (χ3v) is 3.12. The molecule has 0 radical (unpaired) electrons. The zero-order valence-electron chi connectivity index (χ0n) is 12.1. The summed E-state index contributed by atoms with van der Waals surface area (Å²) in [5.74, 6) is 0. The Balaban J connectivity index is 2.57. The van der Waals surface area contributed by atoms with Gasteiger partial charge >= 0.3 is 6.03 Å². The lowest BCUT2D eigenvalue weighted by atomic mass is 9.86. The number of hydrogen-bond acceptors (Lipinski definition) is 1. The number of urea groups is 1. The Morgan fingerprint density at radius 1 is 1.22 bits per heavy atom. The lowest BCUT2D eigenvalue weighted by Gasteiger charge is -2.20. The van der Waals surface area contributed by atoms with Gasteiger partial charge in [0, 0.05) is 20.6 Å². The van der Waals surface area contributed by atoms with Crippen molar-refractivity contribution in [2.75, 3.05) is 20.6 Å². The van der Waals surface area contributed by atoms with Crippen LogP contribution >= 0.6 is 0 Å². The first-order valence-electron chi connectivity index (χ1n) is 6.37. The minimum absolute atomic E-state index is 0.0405. The molecule has 2 amide bonds. The molecule has 3 heteroatoms. The number of carbonyl (C=O) groups is 1.